The molecule has 0 atom stereocenters. The Balaban J connectivity index is 2.33. The molecule has 0 aromatic carbocycles. The quantitative estimate of drug-likeness (QED) is 0.822. The third-order valence-corrected chi connectivity index (χ3v) is 2.27. The van der Waals surface area contributed by atoms with Crippen LogP contribution in [0.2, 0.25) is 0 Å². The largest absolute Gasteiger partial charge is 0.293 e. The zero-order valence-corrected chi connectivity index (χ0v) is 9.03. The van der Waals surface area contributed by atoms with Crippen molar-refractivity contribution in [1.29, 1.82) is 0 Å². The van der Waals surface area contributed by atoms with Gasteiger partial charge >= 0.3 is 0 Å². The van der Waals surface area contributed by atoms with E-state index in [1.807, 2.05) is 18.2 Å². The molecular weight excluding hydrogens is 237 g/mol. The molecule has 0 aliphatic heterocycles. The van der Waals surface area contributed by atoms with Crippen LogP contribution >= 0.6 is 23.2 Å². The van der Waals surface area contributed by atoms with Crippen LogP contribution in [-0.2, 0) is 4.79 Å². The van der Waals surface area contributed by atoms with Gasteiger partial charge in [-0.2, -0.15) is 0 Å². The highest BCUT2D eigenvalue weighted by Crippen LogP contribution is 2.12. The average Bonchev–Trinajstić information content (AvgIpc) is 2.62. The lowest BCUT2D eigenvalue weighted by Crippen LogP contribution is -2.20. The molecule has 0 aliphatic carbocycles. The van der Waals surface area contributed by atoms with Crippen LogP contribution in [0.3, 0.4) is 0 Å². The molecule has 4 nitrogen and oxygen atoms in total. The van der Waals surface area contributed by atoms with Gasteiger partial charge in [0.2, 0.25) is 5.95 Å². The number of carbonyl (C=O) groups is 1. The van der Waals surface area contributed by atoms with E-state index in [0.29, 0.717) is 5.95 Å². The molecule has 2 aromatic rings. The summed E-state index contributed by atoms with van der Waals surface area (Å²) in [6, 6.07) is 5.60. The number of halogens is 2. The van der Waals surface area contributed by atoms with Gasteiger partial charge < -0.3 is 0 Å². The number of aromatic nitrogens is 2. The van der Waals surface area contributed by atoms with Crippen LogP contribution in [0.5, 0.6) is 0 Å². The molecule has 0 spiro atoms. The first-order valence-corrected chi connectivity index (χ1v) is 5.07. The molecule has 15 heavy (non-hydrogen) atoms. The van der Waals surface area contributed by atoms with E-state index < -0.39 is 10.7 Å². The van der Waals surface area contributed by atoms with Crippen LogP contribution in [0, 0.1) is 0 Å². The van der Waals surface area contributed by atoms with E-state index in [0.717, 1.165) is 5.52 Å². The van der Waals surface area contributed by atoms with E-state index >= 15 is 0 Å². The molecule has 78 valence electrons. The molecule has 2 aromatic heterocycles. The maximum Gasteiger partial charge on any atom is 0.259 e. The number of nitrogens with one attached hydrogen (secondary N) is 1. The minimum Gasteiger partial charge on any atom is -0.293 e. The number of pyridine rings is 1. The Hall–Kier alpha value is -1.26. The summed E-state index contributed by atoms with van der Waals surface area (Å²) < 4.78 is 1.73. The summed E-state index contributed by atoms with van der Waals surface area (Å²) in [6.07, 6.45) is 3.43. The molecule has 0 saturated carbocycles. The smallest absolute Gasteiger partial charge is 0.259 e. The average molecular weight is 244 g/mol. The second kappa shape index (κ2) is 4.08. The molecule has 1 amide bonds. The molecule has 2 heterocycles. The minimum absolute atomic E-state index is 0.405. The number of rotatable bonds is 2. The number of amides is 1. The topological polar surface area (TPSA) is 46.4 Å². The first-order valence-electron chi connectivity index (χ1n) is 4.19. The molecular formula is C9H7Cl2N3O. The molecule has 2 rings (SSSR count). The first kappa shape index (κ1) is 10.3. The lowest BCUT2D eigenvalue weighted by molar-refractivity contribution is -0.114. The third kappa shape index (κ3) is 2.06. The highest BCUT2D eigenvalue weighted by atomic mass is 35.5. The number of alkyl halides is 2. The highest BCUT2D eigenvalue weighted by Gasteiger charge is 2.13. The molecule has 0 fully saturated rings. The number of imidazole rings is 1. The molecule has 0 saturated heterocycles. The van der Waals surface area contributed by atoms with E-state index in [4.69, 9.17) is 23.2 Å². The third-order valence-electron chi connectivity index (χ3n) is 1.87. The summed E-state index contributed by atoms with van der Waals surface area (Å²) in [5.74, 6) is -0.0865. The number of hydrogen-bond donors (Lipinski definition) is 1. The van der Waals surface area contributed by atoms with Gasteiger partial charge in [0, 0.05) is 6.20 Å². The van der Waals surface area contributed by atoms with Crippen molar-refractivity contribution >= 4 is 40.6 Å². The van der Waals surface area contributed by atoms with Gasteiger partial charge in [-0.3, -0.25) is 14.5 Å². The minimum atomic E-state index is -1.10. The van der Waals surface area contributed by atoms with Gasteiger partial charge in [-0.25, -0.2) is 4.98 Å². The normalized spacial score (nSPS) is 10.9. The van der Waals surface area contributed by atoms with Gasteiger partial charge in [-0.05, 0) is 12.1 Å². The van der Waals surface area contributed by atoms with E-state index in [9.17, 15) is 4.79 Å². The SMILES string of the molecule is O=C(Nc1ncc2ccccn12)C(Cl)Cl. The van der Waals surface area contributed by atoms with Gasteiger partial charge in [0.15, 0.2) is 4.84 Å². The Morgan fingerprint density at radius 1 is 1.47 bits per heavy atom. The summed E-state index contributed by atoms with van der Waals surface area (Å²) in [6.45, 7) is 0. The molecule has 1 N–H and O–H groups in total. The molecule has 0 unspecified atom stereocenters. The van der Waals surface area contributed by atoms with Gasteiger partial charge in [0.05, 0.1) is 11.7 Å². The number of nitrogens with zero attached hydrogens (tertiary/aromatic N) is 2. The number of carbonyl (C=O) groups excluding carboxylic acids is 1. The zero-order chi connectivity index (χ0) is 10.8. The van der Waals surface area contributed by atoms with Crippen LogP contribution in [-0.4, -0.2) is 20.1 Å². The first-order chi connectivity index (χ1) is 7.18. The maximum atomic E-state index is 11.2. The maximum absolute atomic E-state index is 11.2. The Morgan fingerprint density at radius 2 is 2.27 bits per heavy atom. The summed E-state index contributed by atoms with van der Waals surface area (Å²) in [5.41, 5.74) is 0.883. The predicted octanol–water partition coefficient (Wildman–Crippen LogP) is 2.08. The van der Waals surface area contributed by atoms with Crippen molar-refractivity contribution in [3.8, 4) is 0 Å². The van der Waals surface area contributed by atoms with Crippen molar-refractivity contribution in [2.45, 2.75) is 4.84 Å². The van der Waals surface area contributed by atoms with Gasteiger partial charge in [0.25, 0.3) is 5.91 Å². The lowest BCUT2D eigenvalue weighted by atomic mass is 10.4. The van der Waals surface area contributed by atoms with Crippen LogP contribution < -0.4 is 5.32 Å². The summed E-state index contributed by atoms with van der Waals surface area (Å²) >= 11 is 10.8. The second-order valence-corrected chi connectivity index (χ2v) is 3.96. The van der Waals surface area contributed by atoms with Crippen LogP contribution in [0.4, 0.5) is 5.95 Å². The second-order valence-electron chi connectivity index (χ2n) is 2.87. The lowest BCUT2D eigenvalue weighted by Gasteiger charge is -2.03. The summed E-state index contributed by atoms with van der Waals surface area (Å²) in [4.78, 5) is 14.2. The van der Waals surface area contributed by atoms with Crippen molar-refractivity contribution in [2.24, 2.45) is 0 Å². The fourth-order valence-electron chi connectivity index (χ4n) is 1.20. The van der Waals surface area contributed by atoms with Crippen molar-refractivity contribution in [2.75, 3.05) is 5.32 Å². The van der Waals surface area contributed by atoms with Gasteiger partial charge in [-0.1, -0.05) is 29.3 Å². The van der Waals surface area contributed by atoms with Crippen molar-refractivity contribution < 1.29 is 4.79 Å². The highest BCUT2D eigenvalue weighted by molar-refractivity contribution is 6.54. The monoisotopic (exact) mass is 243 g/mol. The Bertz CT molecular complexity index is 495. The van der Waals surface area contributed by atoms with E-state index in [1.54, 1.807) is 16.8 Å². The summed E-state index contributed by atoms with van der Waals surface area (Å²) in [5, 5.41) is 2.51. The molecule has 0 aliphatic rings. The van der Waals surface area contributed by atoms with E-state index in [1.165, 1.54) is 0 Å². The van der Waals surface area contributed by atoms with Crippen molar-refractivity contribution in [3.63, 3.8) is 0 Å². The van der Waals surface area contributed by atoms with Crippen molar-refractivity contribution in [3.05, 3.63) is 30.6 Å². The molecule has 6 heteroatoms. The zero-order valence-electron chi connectivity index (χ0n) is 7.52. The van der Waals surface area contributed by atoms with E-state index in [-0.39, 0.29) is 0 Å². The van der Waals surface area contributed by atoms with Crippen LogP contribution in [0.25, 0.3) is 5.52 Å². The predicted molar refractivity (Wildman–Crippen MR) is 59.3 cm³/mol. The molecule has 0 bridgehead atoms. The number of hydrogen-bond acceptors (Lipinski definition) is 2. The fourth-order valence-corrected chi connectivity index (χ4v) is 1.31. The Morgan fingerprint density at radius 3 is 3.00 bits per heavy atom. The standard InChI is InChI=1S/C9H7Cl2N3O/c10-7(11)8(15)13-9-12-5-6-3-1-2-4-14(6)9/h1-5,7H,(H,12,13,15). The Kier molecular flexibility index (Phi) is 2.79. The van der Waals surface area contributed by atoms with Crippen molar-refractivity contribution in [1.82, 2.24) is 9.38 Å². The van der Waals surface area contributed by atoms with Crippen LogP contribution in [0.15, 0.2) is 30.6 Å². The summed E-state index contributed by atoms with van der Waals surface area (Å²) in [7, 11) is 0. The van der Waals surface area contributed by atoms with Gasteiger partial charge in [0.1, 0.15) is 0 Å². The number of fused-ring (bicyclic) bond motifs is 1. The van der Waals surface area contributed by atoms with E-state index in [2.05, 4.69) is 10.3 Å². The number of anilines is 1. The Labute approximate surface area is 95.8 Å². The van der Waals surface area contributed by atoms with Gasteiger partial charge in [-0.15, -0.1) is 0 Å². The van der Waals surface area contributed by atoms with Crippen LogP contribution in [0.1, 0.15) is 0 Å². The molecule has 0 radical (unpaired) electrons. The fraction of sp³-hybridized carbons (Fsp3) is 0.111.